The first-order chi connectivity index (χ1) is 7.79. The number of esters is 1. The molecule has 0 radical (unpaired) electrons. The van der Waals surface area contributed by atoms with E-state index >= 15 is 0 Å². The molecule has 4 atom stereocenters. The van der Waals surface area contributed by atoms with Crippen molar-refractivity contribution in [3.05, 3.63) is 23.8 Å². The van der Waals surface area contributed by atoms with E-state index in [1.807, 2.05) is 0 Å². The average Bonchev–Trinajstić information content (AvgIpc) is 2.76. The van der Waals surface area contributed by atoms with Gasteiger partial charge in [-0.05, 0) is 18.9 Å². The number of hydrogen-bond acceptors (Lipinski definition) is 2. The Morgan fingerprint density at radius 1 is 1.44 bits per heavy atom. The third-order valence-corrected chi connectivity index (χ3v) is 4.77. The number of hydrogen-bond donors (Lipinski definition) is 1. The Hall–Kier alpha value is -1.09. The maximum Gasteiger partial charge on any atom is 0.332 e. The molecule has 3 aliphatic heterocycles. The van der Waals surface area contributed by atoms with Crippen LogP contribution in [0.25, 0.3) is 0 Å². The summed E-state index contributed by atoms with van der Waals surface area (Å²) in [5.74, 6) is -0.132. The van der Waals surface area contributed by atoms with E-state index in [2.05, 4.69) is 12.2 Å². The number of carbonyl (C=O) groups is 1. The third-order valence-electron chi connectivity index (χ3n) is 4.77. The van der Waals surface area contributed by atoms with Crippen molar-refractivity contribution in [2.75, 3.05) is 6.54 Å². The van der Waals surface area contributed by atoms with Gasteiger partial charge >= 0.3 is 5.97 Å². The molecule has 0 amide bonds. The van der Waals surface area contributed by atoms with Gasteiger partial charge in [0.2, 0.25) is 0 Å². The van der Waals surface area contributed by atoms with E-state index in [4.69, 9.17) is 4.74 Å². The molecule has 16 heavy (non-hydrogen) atoms. The number of nitrogens with one attached hydrogen (secondary N) is 1. The minimum absolute atomic E-state index is 0.132. The van der Waals surface area contributed by atoms with E-state index in [0.29, 0.717) is 12.1 Å². The molecular formula is C13H16NO2+. The number of rotatable bonds is 0. The molecule has 0 aromatic rings. The second kappa shape index (κ2) is 2.77. The summed E-state index contributed by atoms with van der Waals surface area (Å²) in [6.45, 7) is 1.24. The molecule has 3 heterocycles. The second-order valence-electron chi connectivity index (χ2n) is 5.45. The Morgan fingerprint density at radius 2 is 2.38 bits per heavy atom. The van der Waals surface area contributed by atoms with Crippen molar-refractivity contribution in [3.63, 3.8) is 0 Å². The van der Waals surface area contributed by atoms with E-state index in [-0.39, 0.29) is 11.6 Å². The normalized spacial score (nSPS) is 48.4. The van der Waals surface area contributed by atoms with Crippen LogP contribution in [0.2, 0.25) is 0 Å². The molecule has 2 saturated heterocycles. The van der Waals surface area contributed by atoms with Crippen LogP contribution in [0, 0.1) is 0 Å². The summed E-state index contributed by atoms with van der Waals surface area (Å²) >= 11 is 0. The molecule has 2 fully saturated rings. The Balaban J connectivity index is 1.84. The largest absolute Gasteiger partial charge is 0.444 e. The lowest BCUT2D eigenvalue weighted by atomic mass is 9.80. The van der Waals surface area contributed by atoms with Gasteiger partial charge in [0.05, 0.1) is 13.0 Å². The SMILES string of the molecule is O=C1C=C2C=C[C@@H]3C[C@@]2(O1)[C@H]1CCCC[NH+]31. The molecule has 1 unspecified atom stereocenters. The fourth-order valence-corrected chi connectivity index (χ4v) is 4.16. The Labute approximate surface area is 94.8 Å². The van der Waals surface area contributed by atoms with Crippen LogP contribution in [-0.4, -0.2) is 30.2 Å². The summed E-state index contributed by atoms with van der Waals surface area (Å²) in [7, 11) is 0. The zero-order valence-corrected chi connectivity index (χ0v) is 9.24. The maximum atomic E-state index is 11.5. The number of fused-ring (bicyclic) bond motifs is 3. The van der Waals surface area contributed by atoms with Crippen molar-refractivity contribution in [2.45, 2.75) is 43.4 Å². The van der Waals surface area contributed by atoms with Gasteiger partial charge in [0, 0.05) is 18.1 Å². The smallest absolute Gasteiger partial charge is 0.332 e. The lowest BCUT2D eigenvalue weighted by Crippen LogP contribution is -3.18. The highest BCUT2D eigenvalue weighted by Crippen LogP contribution is 2.43. The van der Waals surface area contributed by atoms with Gasteiger partial charge in [0.15, 0.2) is 5.60 Å². The monoisotopic (exact) mass is 218 g/mol. The molecule has 1 N–H and O–H groups in total. The molecular weight excluding hydrogens is 202 g/mol. The zero-order chi connectivity index (χ0) is 10.8. The molecule has 84 valence electrons. The molecule has 3 heteroatoms. The zero-order valence-electron chi connectivity index (χ0n) is 9.24. The minimum Gasteiger partial charge on any atom is -0.444 e. The Morgan fingerprint density at radius 3 is 3.31 bits per heavy atom. The molecule has 4 rings (SSSR count). The molecule has 2 bridgehead atoms. The Bertz CT molecular complexity index is 426. The van der Waals surface area contributed by atoms with Gasteiger partial charge in [-0.2, -0.15) is 0 Å². The summed E-state index contributed by atoms with van der Waals surface area (Å²) in [4.78, 5) is 13.2. The van der Waals surface area contributed by atoms with Crippen LogP contribution in [0.15, 0.2) is 23.8 Å². The summed E-state index contributed by atoms with van der Waals surface area (Å²) in [6, 6.07) is 1.09. The van der Waals surface area contributed by atoms with Gasteiger partial charge in [-0.25, -0.2) is 4.79 Å². The number of ether oxygens (including phenoxy) is 1. The van der Waals surface area contributed by atoms with Crippen LogP contribution >= 0.6 is 0 Å². The van der Waals surface area contributed by atoms with E-state index in [9.17, 15) is 4.79 Å². The molecule has 0 aromatic carbocycles. The fourth-order valence-electron chi connectivity index (χ4n) is 4.16. The fraction of sp³-hybridized carbons (Fsp3) is 0.615. The molecule has 0 aromatic heterocycles. The predicted octanol–water partition coefficient (Wildman–Crippen LogP) is -0.0121. The first-order valence-electron chi connectivity index (χ1n) is 6.28. The van der Waals surface area contributed by atoms with Gasteiger partial charge < -0.3 is 9.64 Å². The number of quaternary nitrogens is 1. The Kier molecular flexibility index (Phi) is 1.56. The minimum atomic E-state index is -0.244. The van der Waals surface area contributed by atoms with Gasteiger partial charge in [-0.3, -0.25) is 0 Å². The number of carbonyl (C=O) groups excluding carboxylic acids is 1. The highest BCUT2D eigenvalue weighted by molar-refractivity contribution is 5.88. The van der Waals surface area contributed by atoms with Crippen LogP contribution in [0.5, 0.6) is 0 Å². The van der Waals surface area contributed by atoms with Gasteiger partial charge in [-0.15, -0.1) is 0 Å². The van der Waals surface area contributed by atoms with E-state index in [1.54, 1.807) is 11.0 Å². The highest BCUT2D eigenvalue weighted by Gasteiger charge is 2.63. The van der Waals surface area contributed by atoms with Crippen LogP contribution in [0.4, 0.5) is 0 Å². The molecule has 3 nitrogen and oxygen atoms in total. The summed E-state index contributed by atoms with van der Waals surface area (Å²) < 4.78 is 5.71. The first-order valence-corrected chi connectivity index (χ1v) is 6.28. The van der Waals surface area contributed by atoms with Gasteiger partial charge in [0.25, 0.3) is 0 Å². The van der Waals surface area contributed by atoms with Crippen molar-refractivity contribution < 1.29 is 14.4 Å². The van der Waals surface area contributed by atoms with Crippen molar-refractivity contribution in [1.29, 1.82) is 0 Å². The van der Waals surface area contributed by atoms with E-state index in [0.717, 1.165) is 12.0 Å². The molecule has 0 saturated carbocycles. The number of piperidine rings is 1. The first kappa shape index (κ1) is 8.99. The summed E-state index contributed by atoms with van der Waals surface area (Å²) in [5.41, 5.74) is 0.891. The highest BCUT2D eigenvalue weighted by atomic mass is 16.6. The van der Waals surface area contributed by atoms with Crippen LogP contribution in [-0.2, 0) is 9.53 Å². The van der Waals surface area contributed by atoms with Crippen molar-refractivity contribution >= 4 is 5.97 Å². The average molecular weight is 218 g/mol. The third kappa shape index (κ3) is 0.908. The summed E-state index contributed by atoms with van der Waals surface area (Å²) in [5, 5.41) is 0. The van der Waals surface area contributed by atoms with Crippen LogP contribution < -0.4 is 4.90 Å². The summed E-state index contributed by atoms with van der Waals surface area (Å²) in [6.07, 6.45) is 10.9. The van der Waals surface area contributed by atoms with Crippen molar-refractivity contribution in [1.82, 2.24) is 0 Å². The second-order valence-corrected chi connectivity index (χ2v) is 5.45. The van der Waals surface area contributed by atoms with Crippen LogP contribution in [0.3, 0.4) is 0 Å². The van der Waals surface area contributed by atoms with Gasteiger partial charge in [-0.1, -0.05) is 6.08 Å². The van der Waals surface area contributed by atoms with E-state index < -0.39 is 0 Å². The van der Waals surface area contributed by atoms with E-state index in [1.165, 1.54) is 25.8 Å². The topological polar surface area (TPSA) is 30.7 Å². The lowest BCUT2D eigenvalue weighted by Gasteiger charge is -2.34. The predicted molar refractivity (Wildman–Crippen MR) is 57.9 cm³/mol. The van der Waals surface area contributed by atoms with Crippen molar-refractivity contribution in [2.24, 2.45) is 0 Å². The molecule has 1 aliphatic carbocycles. The quantitative estimate of drug-likeness (QED) is 0.580. The molecule has 4 aliphatic rings. The van der Waals surface area contributed by atoms with Crippen LogP contribution in [0.1, 0.15) is 25.7 Å². The standard InChI is InChI=1S/C13H15NO2/c15-12-7-9-4-5-10-8-13(9,16-12)11-3-1-2-6-14(10)11/h4-5,7,10-11H,1-3,6,8H2/p+1/t10-,11-,13+/m1/s1. The van der Waals surface area contributed by atoms with Gasteiger partial charge in [0.1, 0.15) is 12.1 Å². The lowest BCUT2D eigenvalue weighted by molar-refractivity contribution is -0.937. The maximum absolute atomic E-state index is 11.5. The molecule has 1 spiro atoms. The van der Waals surface area contributed by atoms with Crippen molar-refractivity contribution in [3.8, 4) is 0 Å².